The van der Waals surface area contributed by atoms with Crippen LogP contribution in [0.5, 0.6) is 5.75 Å². The van der Waals surface area contributed by atoms with E-state index in [-0.39, 0.29) is 5.91 Å². The first kappa shape index (κ1) is 17.2. The number of anilines is 1. The molecule has 0 aliphatic heterocycles. The van der Waals surface area contributed by atoms with E-state index in [0.29, 0.717) is 30.5 Å². The number of para-hydroxylation sites is 1. The number of rotatable bonds is 7. The highest BCUT2D eigenvalue weighted by molar-refractivity contribution is 5.93. The molecule has 1 saturated carbocycles. The molecule has 0 radical (unpaired) electrons. The number of nitrogens with zero attached hydrogens (tertiary/aromatic N) is 2. The highest BCUT2D eigenvalue weighted by atomic mass is 16.5. The molecule has 1 heterocycles. The number of methoxy groups -OCH3 is 1. The average Bonchev–Trinajstić information content (AvgIpc) is 3.15. The molecule has 25 heavy (non-hydrogen) atoms. The van der Waals surface area contributed by atoms with Crippen molar-refractivity contribution in [3.8, 4) is 5.75 Å². The molecule has 2 aromatic rings. The SMILES string of the molecule is COc1ccccc1CCNC(=O)c1cnc(NC2CCCC2)nc1. The van der Waals surface area contributed by atoms with Gasteiger partial charge in [-0.05, 0) is 30.9 Å². The molecule has 1 amide bonds. The van der Waals surface area contributed by atoms with Gasteiger partial charge in [0.05, 0.1) is 12.7 Å². The third-order valence-corrected chi connectivity index (χ3v) is 4.47. The lowest BCUT2D eigenvalue weighted by Gasteiger charge is -2.12. The molecule has 1 aromatic carbocycles. The van der Waals surface area contributed by atoms with Crippen molar-refractivity contribution in [1.29, 1.82) is 0 Å². The second-order valence-electron chi connectivity index (χ2n) is 6.24. The molecule has 0 bridgehead atoms. The lowest BCUT2D eigenvalue weighted by atomic mass is 10.1. The van der Waals surface area contributed by atoms with Crippen LogP contribution in [0.25, 0.3) is 0 Å². The Bertz CT molecular complexity index is 697. The molecule has 0 spiro atoms. The fourth-order valence-corrected chi connectivity index (χ4v) is 3.09. The molecule has 132 valence electrons. The second kappa shape index (κ2) is 8.46. The number of aromatic nitrogens is 2. The molecule has 1 aliphatic rings. The van der Waals surface area contributed by atoms with Gasteiger partial charge >= 0.3 is 0 Å². The number of carbonyl (C=O) groups excluding carboxylic acids is 1. The van der Waals surface area contributed by atoms with Gasteiger partial charge in [0.1, 0.15) is 5.75 Å². The maximum atomic E-state index is 12.2. The molecule has 0 atom stereocenters. The van der Waals surface area contributed by atoms with E-state index in [9.17, 15) is 4.79 Å². The standard InChI is InChI=1S/C19H24N4O2/c1-25-17-9-5-2-6-14(17)10-11-20-18(24)15-12-21-19(22-13-15)23-16-7-3-4-8-16/h2,5-6,9,12-13,16H,3-4,7-8,10-11H2,1H3,(H,20,24)(H,21,22,23). The number of amides is 1. The van der Waals surface area contributed by atoms with Gasteiger partial charge in [0.15, 0.2) is 0 Å². The Morgan fingerprint density at radius 3 is 2.64 bits per heavy atom. The molecular formula is C19H24N4O2. The van der Waals surface area contributed by atoms with Crippen molar-refractivity contribution in [1.82, 2.24) is 15.3 Å². The Hall–Kier alpha value is -2.63. The summed E-state index contributed by atoms with van der Waals surface area (Å²) in [7, 11) is 1.65. The van der Waals surface area contributed by atoms with Crippen LogP contribution in [0.3, 0.4) is 0 Å². The van der Waals surface area contributed by atoms with Crippen LogP contribution in [0.15, 0.2) is 36.7 Å². The minimum absolute atomic E-state index is 0.165. The normalized spacial score (nSPS) is 14.3. The zero-order valence-corrected chi connectivity index (χ0v) is 14.5. The van der Waals surface area contributed by atoms with Gasteiger partial charge in [-0.25, -0.2) is 9.97 Å². The van der Waals surface area contributed by atoms with Crippen LogP contribution in [-0.4, -0.2) is 35.6 Å². The highest BCUT2D eigenvalue weighted by Crippen LogP contribution is 2.20. The van der Waals surface area contributed by atoms with Gasteiger partial charge in [-0.1, -0.05) is 31.0 Å². The summed E-state index contributed by atoms with van der Waals surface area (Å²) < 4.78 is 5.32. The summed E-state index contributed by atoms with van der Waals surface area (Å²) in [6, 6.07) is 8.27. The third kappa shape index (κ3) is 4.68. The Kier molecular flexibility index (Phi) is 5.82. The molecule has 6 nitrogen and oxygen atoms in total. The van der Waals surface area contributed by atoms with E-state index in [0.717, 1.165) is 24.2 Å². The Balaban J connectivity index is 1.49. The highest BCUT2D eigenvalue weighted by Gasteiger charge is 2.15. The Labute approximate surface area is 148 Å². The van der Waals surface area contributed by atoms with Crippen LogP contribution in [-0.2, 0) is 6.42 Å². The van der Waals surface area contributed by atoms with Gasteiger partial charge < -0.3 is 15.4 Å². The maximum absolute atomic E-state index is 12.2. The van der Waals surface area contributed by atoms with E-state index < -0.39 is 0 Å². The van der Waals surface area contributed by atoms with Crippen molar-refractivity contribution in [3.63, 3.8) is 0 Å². The van der Waals surface area contributed by atoms with Crippen LogP contribution in [0.1, 0.15) is 41.6 Å². The van der Waals surface area contributed by atoms with E-state index in [1.807, 2.05) is 24.3 Å². The molecule has 6 heteroatoms. The van der Waals surface area contributed by atoms with Crippen LogP contribution in [0.2, 0.25) is 0 Å². The van der Waals surface area contributed by atoms with Crippen molar-refractivity contribution < 1.29 is 9.53 Å². The first-order valence-electron chi connectivity index (χ1n) is 8.75. The van der Waals surface area contributed by atoms with Crippen LogP contribution >= 0.6 is 0 Å². The zero-order chi connectivity index (χ0) is 17.5. The predicted octanol–water partition coefficient (Wildman–Crippen LogP) is 2.81. The summed E-state index contributed by atoms with van der Waals surface area (Å²) in [4.78, 5) is 20.7. The molecule has 0 unspecified atom stereocenters. The lowest BCUT2D eigenvalue weighted by Crippen LogP contribution is -2.26. The summed E-state index contributed by atoms with van der Waals surface area (Å²) in [6.07, 6.45) is 8.68. The van der Waals surface area contributed by atoms with Crippen molar-refractivity contribution in [3.05, 3.63) is 47.8 Å². The minimum atomic E-state index is -0.165. The summed E-state index contributed by atoms with van der Waals surface area (Å²) in [5.41, 5.74) is 1.54. The van der Waals surface area contributed by atoms with Gasteiger partial charge in [0.25, 0.3) is 5.91 Å². The first-order chi connectivity index (χ1) is 12.3. The topological polar surface area (TPSA) is 76.1 Å². The maximum Gasteiger partial charge on any atom is 0.254 e. The van der Waals surface area contributed by atoms with Crippen LogP contribution in [0.4, 0.5) is 5.95 Å². The van der Waals surface area contributed by atoms with Crippen molar-refractivity contribution in [2.45, 2.75) is 38.1 Å². The summed E-state index contributed by atoms with van der Waals surface area (Å²) >= 11 is 0. The van der Waals surface area contributed by atoms with E-state index in [1.54, 1.807) is 19.5 Å². The van der Waals surface area contributed by atoms with Gasteiger partial charge in [-0.15, -0.1) is 0 Å². The number of benzene rings is 1. The Morgan fingerprint density at radius 2 is 1.92 bits per heavy atom. The molecule has 0 saturated heterocycles. The first-order valence-corrected chi connectivity index (χ1v) is 8.75. The summed E-state index contributed by atoms with van der Waals surface area (Å²) in [6.45, 7) is 0.529. The number of nitrogens with one attached hydrogen (secondary N) is 2. The quantitative estimate of drug-likeness (QED) is 0.810. The van der Waals surface area contributed by atoms with Gasteiger partial charge in [-0.3, -0.25) is 4.79 Å². The van der Waals surface area contributed by atoms with Gasteiger partial charge in [0.2, 0.25) is 5.95 Å². The fraction of sp³-hybridized carbons (Fsp3) is 0.421. The molecular weight excluding hydrogens is 316 g/mol. The number of hydrogen-bond donors (Lipinski definition) is 2. The van der Waals surface area contributed by atoms with Crippen molar-refractivity contribution in [2.24, 2.45) is 0 Å². The van der Waals surface area contributed by atoms with E-state index in [2.05, 4.69) is 20.6 Å². The third-order valence-electron chi connectivity index (χ3n) is 4.47. The molecule has 1 aromatic heterocycles. The summed E-state index contributed by atoms with van der Waals surface area (Å²) in [5, 5.41) is 6.21. The van der Waals surface area contributed by atoms with E-state index >= 15 is 0 Å². The zero-order valence-electron chi connectivity index (χ0n) is 14.5. The van der Waals surface area contributed by atoms with Crippen molar-refractivity contribution in [2.75, 3.05) is 19.0 Å². The number of carbonyl (C=O) groups is 1. The largest absolute Gasteiger partial charge is 0.496 e. The van der Waals surface area contributed by atoms with Crippen LogP contribution < -0.4 is 15.4 Å². The molecule has 1 aliphatic carbocycles. The predicted molar refractivity (Wildman–Crippen MR) is 96.9 cm³/mol. The monoisotopic (exact) mass is 340 g/mol. The lowest BCUT2D eigenvalue weighted by molar-refractivity contribution is 0.0953. The van der Waals surface area contributed by atoms with E-state index in [1.165, 1.54) is 12.8 Å². The van der Waals surface area contributed by atoms with Crippen LogP contribution in [0, 0.1) is 0 Å². The smallest absolute Gasteiger partial charge is 0.254 e. The molecule has 1 fully saturated rings. The van der Waals surface area contributed by atoms with Gasteiger partial charge in [0, 0.05) is 25.0 Å². The number of ether oxygens (including phenoxy) is 1. The molecule has 2 N–H and O–H groups in total. The van der Waals surface area contributed by atoms with Gasteiger partial charge in [-0.2, -0.15) is 0 Å². The fourth-order valence-electron chi connectivity index (χ4n) is 3.09. The Morgan fingerprint density at radius 1 is 1.20 bits per heavy atom. The molecule has 3 rings (SSSR count). The average molecular weight is 340 g/mol. The second-order valence-corrected chi connectivity index (χ2v) is 6.24. The van der Waals surface area contributed by atoms with E-state index in [4.69, 9.17) is 4.74 Å². The summed E-state index contributed by atoms with van der Waals surface area (Å²) in [5.74, 6) is 1.27. The minimum Gasteiger partial charge on any atom is -0.496 e. The number of hydrogen-bond acceptors (Lipinski definition) is 5. The van der Waals surface area contributed by atoms with Crippen molar-refractivity contribution >= 4 is 11.9 Å².